The highest BCUT2D eigenvalue weighted by Gasteiger charge is 2.10. The number of carbonyl (C=O) groups excluding carboxylic acids is 1. The monoisotopic (exact) mass is 385 g/mol. The molecular formula is C19H20ClN5O2. The molecule has 0 atom stereocenters. The van der Waals surface area contributed by atoms with Crippen molar-refractivity contribution in [1.29, 1.82) is 5.26 Å². The first-order valence-corrected chi connectivity index (χ1v) is 8.81. The third-order valence-electron chi connectivity index (χ3n) is 3.87. The van der Waals surface area contributed by atoms with Gasteiger partial charge in [-0.1, -0.05) is 11.6 Å². The highest BCUT2D eigenvalue weighted by molar-refractivity contribution is 6.32. The summed E-state index contributed by atoms with van der Waals surface area (Å²) >= 11 is 6.00. The lowest BCUT2D eigenvalue weighted by Crippen LogP contribution is -2.22. The van der Waals surface area contributed by atoms with Crippen molar-refractivity contribution in [3.05, 3.63) is 47.0 Å². The number of benzene rings is 2. The average molecular weight is 386 g/mol. The standard InChI is InChI=1S/C19H20ClN5O2/c1-3-25(4-2)15-7-8-17(18(10-15)22-19(27)12-26)24-23-14-6-5-13(11-21)16(20)9-14/h5-10,26H,3-4,12H2,1-2H3,(H,22,27). The van der Waals surface area contributed by atoms with Crippen LogP contribution < -0.4 is 10.2 Å². The fraction of sp³-hybridized carbons (Fsp3) is 0.263. The summed E-state index contributed by atoms with van der Waals surface area (Å²) in [6.07, 6.45) is 0. The van der Waals surface area contributed by atoms with Gasteiger partial charge in [-0.3, -0.25) is 4.79 Å². The Morgan fingerprint density at radius 1 is 1.22 bits per heavy atom. The van der Waals surface area contributed by atoms with E-state index >= 15 is 0 Å². The van der Waals surface area contributed by atoms with Crippen LogP contribution in [0.3, 0.4) is 0 Å². The minimum Gasteiger partial charge on any atom is -0.387 e. The van der Waals surface area contributed by atoms with E-state index in [1.165, 1.54) is 0 Å². The van der Waals surface area contributed by atoms with Crippen molar-refractivity contribution >= 4 is 40.3 Å². The fourth-order valence-corrected chi connectivity index (χ4v) is 2.67. The molecule has 0 aromatic heterocycles. The van der Waals surface area contributed by atoms with E-state index in [4.69, 9.17) is 22.0 Å². The Kier molecular flexibility index (Phi) is 7.29. The van der Waals surface area contributed by atoms with Gasteiger partial charge in [0.2, 0.25) is 5.91 Å². The van der Waals surface area contributed by atoms with E-state index in [9.17, 15) is 4.79 Å². The summed E-state index contributed by atoms with van der Waals surface area (Å²) in [6, 6.07) is 12.1. The van der Waals surface area contributed by atoms with Crippen LogP contribution >= 0.6 is 11.6 Å². The van der Waals surface area contributed by atoms with E-state index in [1.54, 1.807) is 30.3 Å². The highest BCUT2D eigenvalue weighted by atomic mass is 35.5. The van der Waals surface area contributed by atoms with E-state index < -0.39 is 12.5 Å². The summed E-state index contributed by atoms with van der Waals surface area (Å²) in [4.78, 5) is 13.8. The Labute approximate surface area is 162 Å². The molecule has 0 spiro atoms. The van der Waals surface area contributed by atoms with Gasteiger partial charge in [-0.15, -0.1) is 5.11 Å². The van der Waals surface area contributed by atoms with Crippen molar-refractivity contribution in [2.24, 2.45) is 10.2 Å². The average Bonchev–Trinajstić information content (AvgIpc) is 2.68. The van der Waals surface area contributed by atoms with Crippen LogP contribution in [0.25, 0.3) is 0 Å². The largest absolute Gasteiger partial charge is 0.387 e. The maximum absolute atomic E-state index is 11.6. The van der Waals surface area contributed by atoms with E-state index in [0.29, 0.717) is 27.6 Å². The van der Waals surface area contributed by atoms with Crippen LogP contribution in [-0.2, 0) is 4.79 Å². The number of rotatable bonds is 7. The number of nitriles is 1. The summed E-state index contributed by atoms with van der Waals surface area (Å²) in [5, 5.41) is 29.2. The van der Waals surface area contributed by atoms with Gasteiger partial charge in [-0.25, -0.2) is 0 Å². The first kappa shape index (κ1) is 20.4. The third-order valence-corrected chi connectivity index (χ3v) is 4.19. The number of amides is 1. The summed E-state index contributed by atoms with van der Waals surface area (Å²) in [6.45, 7) is 5.08. The topological polar surface area (TPSA) is 101 Å². The van der Waals surface area contributed by atoms with Crippen LogP contribution in [0.1, 0.15) is 19.4 Å². The Morgan fingerprint density at radius 3 is 2.56 bits per heavy atom. The number of nitrogens with zero attached hydrogens (tertiary/aromatic N) is 4. The van der Waals surface area contributed by atoms with Crippen LogP contribution in [0.15, 0.2) is 46.6 Å². The Balaban J connectivity index is 2.37. The predicted octanol–water partition coefficient (Wildman–Crippen LogP) is 4.40. The number of azo groups is 1. The van der Waals surface area contributed by atoms with Crippen molar-refractivity contribution in [3.63, 3.8) is 0 Å². The van der Waals surface area contributed by atoms with E-state index in [0.717, 1.165) is 18.8 Å². The number of aliphatic hydroxyl groups excluding tert-OH is 1. The Hall–Kier alpha value is -2.95. The highest BCUT2D eigenvalue weighted by Crippen LogP contribution is 2.32. The second kappa shape index (κ2) is 9.67. The van der Waals surface area contributed by atoms with Crippen molar-refractivity contribution in [1.82, 2.24) is 0 Å². The van der Waals surface area contributed by atoms with Gasteiger partial charge >= 0.3 is 0 Å². The lowest BCUT2D eigenvalue weighted by molar-refractivity contribution is -0.118. The molecule has 0 saturated carbocycles. The van der Waals surface area contributed by atoms with Gasteiger partial charge in [-0.05, 0) is 50.2 Å². The maximum atomic E-state index is 11.6. The molecule has 0 bridgehead atoms. The lowest BCUT2D eigenvalue weighted by atomic mass is 10.2. The summed E-state index contributed by atoms with van der Waals surface area (Å²) < 4.78 is 0. The van der Waals surface area contributed by atoms with Crippen LogP contribution in [0.2, 0.25) is 5.02 Å². The van der Waals surface area contributed by atoms with Crippen LogP contribution in [0.4, 0.5) is 22.7 Å². The quantitative estimate of drug-likeness (QED) is 0.689. The minimum absolute atomic E-state index is 0.291. The SMILES string of the molecule is CCN(CC)c1ccc(N=Nc2ccc(C#N)c(Cl)c2)c(NC(=O)CO)c1. The van der Waals surface area contributed by atoms with Gasteiger partial charge in [0.1, 0.15) is 18.4 Å². The van der Waals surface area contributed by atoms with Crippen molar-refractivity contribution < 1.29 is 9.90 Å². The van der Waals surface area contributed by atoms with Gasteiger partial charge < -0.3 is 15.3 Å². The zero-order valence-electron chi connectivity index (χ0n) is 15.1. The first-order chi connectivity index (χ1) is 13.0. The number of hydrogen-bond acceptors (Lipinski definition) is 6. The number of nitrogens with one attached hydrogen (secondary N) is 1. The zero-order valence-corrected chi connectivity index (χ0v) is 15.9. The van der Waals surface area contributed by atoms with Gasteiger partial charge in [0.25, 0.3) is 0 Å². The van der Waals surface area contributed by atoms with Crippen LogP contribution in [-0.4, -0.2) is 30.7 Å². The molecule has 140 valence electrons. The molecule has 0 fully saturated rings. The predicted molar refractivity (Wildman–Crippen MR) is 106 cm³/mol. The summed E-state index contributed by atoms with van der Waals surface area (Å²) in [5.74, 6) is -0.537. The number of hydrogen-bond donors (Lipinski definition) is 2. The molecule has 0 aliphatic heterocycles. The molecule has 0 unspecified atom stereocenters. The molecule has 8 heteroatoms. The molecule has 0 radical (unpaired) electrons. The second-order valence-corrected chi connectivity index (χ2v) is 5.96. The Morgan fingerprint density at radius 2 is 1.96 bits per heavy atom. The summed E-state index contributed by atoms with van der Waals surface area (Å²) in [7, 11) is 0. The summed E-state index contributed by atoms with van der Waals surface area (Å²) in [5.41, 5.74) is 2.64. The Bertz CT molecular complexity index is 888. The van der Waals surface area contributed by atoms with Gasteiger partial charge in [0.05, 0.1) is 22.0 Å². The lowest BCUT2D eigenvalue weighted by Gasteiger charge is -2.22. The number of carbonyl (C=O) groups is 1. The maximum Gasteiger partial charge on any atom is 0.250 e. The smallest absolute Gasteiger partial charge is 0.250 e. The molecule has 0 heterocycles. The van der Waals surface area contributed by atoms with Crippen LogP contribution in [0, 0.1) is 11.3 Å². The van der Waals surface area contributed by atoms with E-state index in [-0.39, 0.29) is 0 Å². The molecule has 2 aromatic rings. The third kappa shape index (κ3) is 5.26. The molecule has 0 aliphatic carbocycles. The molecule has 7 nitrogen and oxygen atoms in total. The molecule has 2 rings (SSSR count). The van der Waals surface area contributed by atoms with Crippen LogP contribution in [0.5, 0.6) is 0 Å². The fourth-order valence-electron chi connectivity index (χ4n) is 2.46. The minimum atomic E-state index is -0.628. The van der Waals surface area contributed by atoms with Gasteiger partial charge in [0.15, 0.2) is 0 Å². The number of anilines is 2. The zero-order chi connectivity index (χ0) is 19.8. The van der Waals surface area contributed by atoms with Crippen molar-refractivity contribution in [3.8, 4) is 6.07 Å². The first-order valence-electron chi connectivity index (χ1n) is 8.43. The number of halogens is 1. The molecular weight excluding hydrogens is 366 g/mol. The molecule has 0 saturated heterocycles. The van der Waals surface area contributed by atoms with E-state index in [2.05, 4.69) is 20.4 Å². The van der Waals surface area contributed by atoms with Crippen molar-refractivity contribution in [2.75, 3.05) is 29.9 Å². The molecule has 27 heavy (non-hydrogen) atoms. The second-order valence-electron chi connectivity index (χ2n) is 5.56. The van der Waals surface area contributed by atoms with Gasteiger partial charge in [-0.2, -0.15) is 10.4 Å². The molecule has 2 N–H and O–H groups in total. The van der Waals surface area contributed by atoms with Crippen molar-refractivity contribution in [2.45, 2.75) is 13.8 Å². The van der Waals surface area contributed by atoms with Gasteiger partial charge in [0, 0.05) is 18.8 Å². The molecule has 1 amide bonds. The molecule has 0 aliphatic rings. The number of aliphatic hydroxyl groups is 1. The van der Waals surface area contributed by atoms with E-state index in [1.807, 2.05) is 26.0 Å². The molecule has 2 aromatic carbocycles. The normalized spacial score (nSPS) is 10.6.